The Morgan fingerprint density at radius 1 is 1.00 bits per heavy atom. The molecule has 0 radical (unpaired) electrons. The van der Waals surface area contributed by atoms with E-state index in [2.05, 4.69) is 16.8 Å². The zero-order chi connectivity index (χ0) is 18.5. The molecule has 4 nitrogen and oxygen atoms in total. The van der Waals surface area contributed by atoms with Crippen LogP contribution in [0.25, 0.3) is 10.1 Å². The monoisotopic (exact) mass is 366 g/mol. The van der Waals surface area contributed by atoms with E-state index in [1.807, 2.05) is 48.5 Å². The molecule has 0 bridgehead atoms. The molecule has 0 fully saturated rings. The van der Waals surface area contributed by atoms with E-state index in [9.17, 15) is 9.59 Å². The summed E-state index contributed by atoms with van der Waals surface area (Å²) < 4.78 is 1.17. The summed E-state index contributed by atoms with van der Waals surface area (Å²) in [5.41, 5.74) is 7.81. The van der Waals surface area contributed by atoms with Crippen LogP contribution in [0.5, 0.6) is 0 Å². The number of amides is 2. The van der Waals surface area contributed by atoms with Crippen molar-refractivity contribution in [2.24, 2.45) is 17.6 Å². The van der Waals surface area contributed by atoms with Crippen LogP contribution in [0, 0.1) is 11.8 Å². The molecule has 3 N–H and O–H groups in total. The smallest absolute Gasteiger partial charge is 0.224 e. The minimum Gasteiger partial charge on any atom is -0.369 e. The van der Waals surface area contributed by atoms with E-state index in [4.69, 9.17) is 5.73 Å². The Morgan fingerprint density at radius 3 is 2.38 bits per heavy atom. The van der Waals surface area contributed by atoms with Crippen LogP contribution in [0.3, 0.4) is 0 Å². The number of carbonyl (C=O) groups is 2. The van der Waals surface area contributed by atoms with E-state index in [1.54, 1.807) is 18.4 Å². The summed E-state index contributed by atoms with van der Waals surface area (Å²) >= 11 is 1.64. The molecular formula is C21H22N2O2S. The summed E-state index contributed by atoms with van der Waals surface area (Å²) in [6, 6.07) is 17.8. The molecular weight excluding hydrogens is 344 g/mol. The highest BCUT2D eigenvalue weighted by molar-refractivity contribution is 7.17. The fourth-order valence-electron chi connectivity index (χ4n) is 3.34. The summed E-state index contributed by atoms with van der Waals surface area (Å²) in [5.74, 6) is -1.66. The molecule has 0 aliphatic rings. The number of carbonyl (C=O) groups excluding carboxylic acids is 2. The first-order chi connectivity index (χ1) is 12.6. The van der Waals surface area contributed by atoms with E-state index in [0.717, 1.165) is 16.5 Å². The van der Waals surface area contributed by atoms with Gasteiger partial charge in [-0.15, -0.1) is 11.3 Å². The maximum absolute atomic E-state index is 12.5. The molecule has 0 saturated heterocycles. The van der Waals surface area contributed by atoms with Crippen LogP contribution in [0.15, 0.2) is 60.0 Å². The Balaban J connectivity index is 1.92. The largest absolute Gasteiger partial charge is 0.369 e. The average Bonchev–Trinajstić information content (AvgIpc) is 3.07. The maximum atomic E-state index is 12.5. The number of benzene rings is 2. The van der Waals surface area contributed by atoms with Crippen molar-refractivity contribution in [1.82, 2.24) is 5.32 Å². The van der Waals surface area contributed by atoms with Gasteiger partial charge in [0.25, 0.3) is 0 Å². The van der Waals surface area contributed by atoms with Gasteiger partial charge in [-0.25, -0.2) is 0 Å². The maximum Gasteiger partial charge on any atom is 0.224 e. The topological polar surface area (TPSA) is 72.2 Å². The molecule has 3 aromatic rings. The first-order valence-electron chi connectivity index (χ1n) is 8.60. The second-order valence-electron chi connectivity index (χ2n) is 6.38. The van der Waals surface area contributed by atoms with Gasteiger partial charge in [0, 0.05) is 11.7 Å². The van der Waals surface area contributed by atoms with Gasteiger partial charge in [0.05, 0.1) is 11.8 Å². The highest BCUT2D eigenvalue weighted by atomic mass is 32.1. The summed E-state index contributed by atoms with van der Waals surface area (Å²) in [7, 11) is 1.60. The summed E-state index contributed by atoms with van der Waals surface area (Å²) in [6.07, 6.45) is 0.945. The molecule has 0 aliphatic carbocycles. The number of rotatable bonds is 7. The van der Waals surface area contributed by atoms with Gasteiger partial charge < -0.3 is 11.1 Å². The Bertz CT molecular complexity index is 905. The molecule has 134 valence electrons. The lowest BCUT2D eigenvalue weighted by atomic mass is 9.81. The van der Waals surface area contributed by atoms with Crippen molar-refractivity contribution in [3.8, 4) is 0 Å². The van der Waals surface area contributed by atoms with Crippen LogP contribution in [0.1, 0.15) is 11.1 Å². The highest BCUT2D eigenvalue weighted by Crippen LogP contribution is 2.30. The van der Waals surface area contributed by atoms with Gasteiger partial charge in [-0.1, -0.05) is 48.5 Å². The van der Waals surface area contributed by atoms with Crippen LogP contribution in [-0.2, 0) is 22.4 Å². The van der Waals surface area contributed by atoms with Gasteiger partial charge in [-0.05, 0) is 40.8 Å². The second kappa shape index (κ2) is 8.15. The van der Waals surface area contributed by atoms with Crippen molar-refractivity contribution in [3.05, 3.63) is 71.1 Å². The minimum atomic E-state index is -0.562. The van der Waals surface area contributed by atoms with Crippen molar-refractivity contribution < 1.29 is 9.59 Å². The molecule has 3 rings (SSSR count). The third-order valence-corrected chi connectivity index (χ3v) is 5.75. The van der Waals surface area contributed by atoms with Crippen LogP contribution in [0.2, 0.25) is 0 Å². The molecule has 5 heteroatoms. The van der Waals surface area contributed by atoms with E-state index < -0.39 is 17.7 Å². The van der Waals surface area contributed by atoms with Crippen molar-refractivity contribution in [1.29, 1.82) is 0 Å². The van der Waals surface area contributed by atoms with E-state index in [1.165, 1.54) is 4.70 Å². The molecule has 1 heterocycles. The fourth-order valence-corrected chi connectivity index (χ4v) is 4.32. The molecule has 0 aliphatic heterocycles. The molecule has 1 aromatic heterocycles. The highest BCUT2D eigenvalue weighted by Gasteiger charge is 2.32. The number of hydrogen-bond acceptors (Lipinski definition) is 3. The predicted molar refractivity (Wildman–Crippen MR) is 106 cm³/mol. The van der Waals surface area contributed by atoms with Gasteiger partial charge in [-0.2, -0.15) is 0 Å². The molecule has 26 heavy (non-hydrogen) atoms. The van der Waals surface area contributed by atoms with Gasteiger partial charge in [0.1, 0.15) is 0 Å². The van der Waals surface area contributed by atoms with E-state index in [-0.39, 0.29) is 5.91 Å². The lowest BCUT2D eigenvalue weighted by Crippen LogP contribution is -2.41. The third-order valence-electron chi connectivity index (χ3n) is 4.73. The number of primary amides is 1. The van der Waals surface area contributed by atoms with Gasteiger partial charge in [-0.3, -0.25) is 9.59 Å². The van der Waals surface area contributed by atoms with E-state index in [0.29, 0.717) is 12.8 Å². The minimum absolute atomic E-state index is 0.155. The van der Waals surface area contributed by atoms with Crippen LogP contribution in [-0.4, -0.2) is 18.9 Å². The van der Waals surface area contributed by atoms with E-state index >= 15 is 0 Å². The second-order valence-corrected chi connectivity index (χ2v) is 7.29. The van der Waals surface area contributed by atoms with Crippen molar-refractivity contribution >= 4 is 33.2 Å². The molecule has 1 unspecified atom stereocenters. The molecule has 2 atom stereocenters. The number of thiophene rings is 1. The summed E-state index contributed by atoms with van der Waals surface area (Å²) in [5, 5.41) is 5.88. The standard InChI is InChI=1S/C21H22N2O2S/c1-23-21(25)18(11-14-7-3-2-4-8-14)17(20(22)24)12-15-13-26-19-10-6-5-9-16(15)19/h2-10,13,17-18H,11-12H2,1H3,(H2,22,24)(H,23,25)/t17?,18-/m1/s1. The number of nitrogens with two attached hydrogens (primary N) is 1. The fraction of sp³-hybridized carbons (Fsp3) is 0.238. The van der Waals surface area contributed by atoms with Crippen LogP contribution in [0.4, 0.5) is 0 Å². The third kappa shape index (κ3) is 3.94. The molecule has 2 aromatic carbocycles. The van der Waals surface area contributed by atoms with Crippen LogP contribution < -0.4 is 11.1 Å². The Labute approximate surface area is 157 Å². The quantitative estimate of drug-likeness (QED) is 0.674. The number of nitrogens with one attached hydrogen (secondary N) is 1. The van der Waals surface area contributed by atoms with Crippen LogP contribution >= 0.6 is 11.3 Å². The Kier molecular flexibility index (Phi) is 5.68. The summed E-state index contributed by atoms with van der Waals surface area (Å²) in [6.45, 7) is 0. The lowest BCUT2D eigenvalue weighted by molar-refractivity contribution is -0.132. The SMILES string of the molecule is CNC(=O)[C@H](Cc1ccccc1)C(Cc1csc2ccccc12)C(N)=O. The first kappa shape index (κ1) is 18.1. The first-order valence-corrected chi connectivity index (χ1v) is 9.48. The van der Waals surface area contributed by atoms with Gasteiger partial charge >= 0.3 is 0 Å². The Hall–Kier alpha value is -2.66. The normalized spacial score (nSPS) is 13.3. The summed E-state index contributed by atoms with van der Waals surface area (Å²) in [4.78, 5) is 24.8. The molecule has 0 saturated carbocycles. The zero-order valence-electron chi connectivity index (χ0n) is 14.6. The number of fused-ring (bicyclic) bond motifs is 1. The van der Waals surface area contributed by atoms with Crippen molar-refractivity contribution in [3.63, 3.8) is 0 Å². The Morgan fingerprint density at radius 2 is 1.69 bits per heavy atom. The zero-order valence-corrected chi connectivity index (χ0v) is 15.5. The van der Waals surface area contributed by atoms with Crippen molar-refractivity contribution in [2.75, 3.05) is 7.05 Å². The molecule has 2 amide bonds. The average molecular weight is 366 g/mol. The number of hydrogen-bond donors (Lipinski definition) is 2. The lowest BCUT2D eigenvalue weighted by Gasteiger charge is -2.23. The predicted octanol–water partition coefficient (Wildman–Crippen LogP) is 3.15. The van der Waals surface area contributed by atoms with Gasteiger partial charge in [0.2, 0.25) is 11.8 Å². The van der Waals surface area contributed by atoms with Crippen molar-refractivity contribution in [2.45, 2.75) is 12.8 Å². The molecule has 0 spiro atoms. The van der Waals surface area contributed by atoms with Gasteiger partial charge in [0.15, 0.2) is 0 Å².